The number of ether oxygens (including phenoxy) is 1. The number of hydrogen-bond acceptors (Lipinski definition) is 4. The average molecular weight is 296 g/mol. The van der Waals surface area contributed by atoms with E-state index in [4.69, 9.17) is 4.74 Å². The molecule has 0 bridgehead atoms. The van der Waals surface area contributed by atoms with Crippen LogP contribution in [0.5, 0.6) is 5.75 Å². The molecule has 2 rings (SSSR count). The smallest absolute Gasteiger partial charge is 0.200 e. The topological polar surface area (TPSA) is 53.3 Å². The molecule has 22 heavy (non-hydrogen) atoms. The Morgan fingerprint density at radius 2 is 2.05 bits per heavy atom. The van der Waals surface area contributed by atoms with Gasteiger partial charge in [-0.05, 0) is 25.1 Å². The van der Waals surface area contributed by atoms with Gasteiger partial charge in [0, 0.05) is 18.0 Å². The number of nitriles is 1. The van der Waals surface area contributed by atoms with Crippen molar-refractivity contribution in [3.8, 4) is 11.8 Å². The van der Waals surface area contributed by atoms with Gasteiger partial charge in [-0.15, -0.1) is 0 Å². The van der Waals surface area contributed by atoms with E-state index in [0.29, 0.717) is 5.88 Å². The van der Waals surface area contributed by atoms with Crippen LogP contribution < -0.4 is 9.64 Å². The zero-order chi connectivity index (χ0) is 16.3. The van der Waals surface area contributed by atoms with Crippen molar-refractivity contribution in [2.24, 2.45) is 5.41 Å². The second-order valence-corrected chi connectivity index (χ2v) is 6.09. The Morgan fingerprint density at radius 3 is 2.64 bits per heavy atom. The Labute approximate surface area is 131 Å². The molecule has 0 unspecified atom stereocenters. The number of fused-ring (bicyclic) bond motifs is 1. The lowest BCUT2D eigenvalue weighted by Gasteiger charge is -2.16. The minimum absolute atomic E-state index is 0.135. The van der Waals surface area contributed by atoms with E-state index in [-0.39, 0.29) is 11.4 Å². The highest BCUT2D eigenvalue weighted by Crippen LogP contribution is 2.38. The molecule has 0 saturated heterocycles. The number of para-hydroxylation sites is 2. The van der Waals surface area contributed by atoms with Crippen molar-refractivity contribution in [2.75, 3.05) is 11.4 Å². The minimum Gasteiger partial charge on any atom is -0.439 e. The molecule has 0 fully saturated rings. The number of nitrogens with zero attached hydrogens (tertiary/aromatic N) is 2. The second-order valence-electron chi connectivity index (χ2n) is 6.09. The van der Waals surface area contributed by atoms with Crippen molar-refractivity contribution in [3.05, 3.63) is 47.9 Å². The predicted octanol–water partition coefficient (Wildman–Crippen LogP) is 3.81. The number of allylic oxidation sites excluding steroid dienone is 3. The van der Waals surface area contributed by atoms with E-state index in [2.05, 4.69) is 0 Å². The van der Waals surface area contributed by atoms with Crippen LogP contribution in [0.15, 0.2) is 47.9 Å². The molecule has 114 valence electrons. The Hall–Kier alpha value is -2.54. The molecule has 1 heterocycles. The fraction of sp³-hybridized carbons (Fsp3) is 0.333. The largest absolute Gasteiger partial charge is 0.439 e. The third-order valence-corrected chi connectivity index (χ3v) is 3.39. The lowest BCUT2D eigenvalue weighted by atomic mass is 9.86. The van der Waals surface area contributed by atoms with Gasteiger partial charge < -0.3 is 9.64 Å². The highest BCUT2D eigenvalue weighted by molar-refractivity contribution is 6.02. The Morgan fingerprint density at radius 1 is 1.36 bits per heavy atom. The molecular formula is C18H20N2O2. The van der Waals surface area contributed by atoms with E-state index in [1.807, 2.05) is 42.2 Å². The number of Topliss-reactive ketones (excluding diaryl/α,β-unsaturated/α-hetero) is 1. The van der Waals surface area contributed by atoms with Crippen molar-refractivity contribution in [3.63, 3.8) is 0 Å². The molecule has 0 N–H and O–H groups in total. The van der Waals surface area contributed by atoms with E-state index >= 15 is 0 Å². The lowest BCUT2D eigenvalue weighted by molar-refractivity contribution is -0.122. The maximum atomic E-state index is 12.2. The van der Waals surface area contributed by atoms with Crippen LogP contribution in [0.25, 0.3) is 0 Å². The molecule has 1 aromatic carbocycles. The molecule has 0 aromatic heterocycles. The molecule has 0 spiro atoms. The third-order valence-electron chi connectivity index (χ3n) is 3.39. The molecular weight excluding hydrogens is 276 g/mol. The first-order chi connectivity index (χ1) is 10.4. The van der Waals surface area contributed by atoms with Gasteiger partial charge >= 0.3 is 0 Å². The zero-order valence-electron chi connectivity index (χ0n) is 13.4. The maximum Gasteiger partial charge on any atom is 0.200 e. The number of benzene rings is 1. The third kappa shape index (κ3) is 3.04. The summed E-state index contributed by atoms with van der Waals surface area (Å²) in [6.07, 6.45) is 3.23. The summed E-state index contributed by atoms with van der Waals surface area (Å²) in [4.78, 5) is 14.2. The number of carbonyl (C=O) groups is 1. The monoisotopic (exact) mass is 296 g/mol. The second kappa shape index (κ2) is 6.07. The van der Waals surface area contributed by atoms with Crippen LogP contribution in [0.1, 0.15) is 27.7 Å². The first kappa shape index (κ1) is 15.8. The van der Waals surface area contributed by atoms with Crippen LogP contribution in [-0.4, -0.2) is 12.3 Å². The van der Waals surface area contributed by atoms with E-state index in [9.17, 15) is 10.1 Å². The quantitative estimate of drug-likeness (QED) is 0.628. The normalized spacial score (nSPS) is 16.2. The molecule has 0 saturated carbocycles. The Kier molecular flexibility index (Phi) is 4.37. The van der Waals surface area contributed by atoms with E-state index < -0.39 is 5.41 Å². The van der Waals surface area contributed by atoms with Gasteiger partial charge in [-0.3, -0.25) is 4.79 Å². The van der Waals surface area contributed by atoms with Crippen LogP contribution in [0.3, 0.4) is 0 Å². The van der Waals surface area contributed by atoms with E-state index in [1.54, 1.807) is 26.8 Å². The standard InChI is InChI=1S/C18H20N2O2/c1-5-20-14-8-6-7-9-15(14)22-16(20)11-10-13(12-19)17(21)18(2,3)4/h6-11H,5H2,1-4H3/b13-10+,16-11-. The van der Waals surface area contributed by atoms with Crippen molar-refractivity contribution < 1.29 is 9.53 Å². The highest BCUT2D eigenvalue weighted by Gasteiger charge is 2.26. The molecule has 0 radical (unpaired) electrons. The molecule has 0 atom stereocenters. The van der Waals surface area contributed by atoms with Gasteiger partial charge in [-0.1, -0.05) is 32.9 Å². The van der Waals surface area contributed by atoms with E-state index in [0.717, 1.165) is 18.0 Å². The molecule has 1 aromatic rings. The van der Waals surface area contributed by atoms with Gasteiger partial charge in [0.2, 0.25) is 5.88 Å². The summed E-state index contributed by atoms with van der Waals surface area (Å²) in [5.74, 6) is 1.23. The van der Waals surface area contributed by atoms with Crippen LogP contribution >= 0.6 is 0 Å². The summed E-state index contributed by atoms with van der Waals surface area (Å²) in [7, 11) is 0. The van der Waals surface area contributed by atoms with Gasteiger partial charge in [-0.2, -0.15) is 5.26 Å². The summed E-state index contributed by atoms with van der Waals surface area (Å²) in [5.41, 5.74) is 0.546. The summed E-state index contributed by atoms with van der Waals surface area (Å²) in [5, 5.41) is 9.21. The minimum atomic E-state index is -0.579. The summed E-state index contributed by atoms with van der Waals surface area (Å²) in [6.45, 7) is 8.16. The van der Waals surface area contributed by atoms with Gasteiger partial charge in [0.1, 0.15) is 6.07 Å². The molecule has 1 aliphatic rings. The Bertz CT molecular complexity index is 688. The fourth-order valence-electron chi connectivity index (χ4n) is 2.23. The van der Waals surface area contributed by atoms with Crippen molar-refractivity contribution in [1.82, 2.24) is 0 Å². The number of carbonyl (C=O) groups excluding carboxylic acids is 1. The van der Waals surface area contributed by atoms with Crippen molar-refractivity contribution in [2.45, 2.75) is 27.7 Å². The van der Waals surface area contributed by atoms with Gasteiger partial charge in [-0.25, -0.2) is 0 Å². The van der Waals surface area contributed by atoms with Gasteiger partial charge in [0.25, 0.3) is 0 Å². The molecule has 4 nitrogen and oxygen atoms in total. The first-order valence-corrected chi connectivity index (χ1v) is 7.29. The molecule has 4 heteroatoms. The first-order valence-electron chi connectivity index (χ1n) is 7.29. The van der Waals surface area contributed by atoms with Gasteiger partial charge in [0.15, 0.2) is 11.5 Å². The number of hydrogen-bond donors (Lipinski definition) is 0. The fourth-order valence-corrected chi connectivity index (χ4v) is 2.23. The number of rotatable bonds is 3. The summed E-state index contributed by atoms with van der Waals surface area (Å²) < 4.78 is 5.79. The number of anilines is 1. The van der Waals surface area contributed by atoms with Crippen LogP contribution in [0.2, 0.25) is 0 Å². The van der Waals surface area contributed by atoms with Crippen LogP contribution in [0, 0.1) is 16.7 Å². The summed E-state index contributed by atoms with van der Waals surface area (Å²) >= 11 is 0. The predicted molar refractivity (Wildman–Crippen MR) is 86.3 cm³/mol. The molecule has 1 aliphatic heterocycles. The molecule has 0 amide bonds. The Balaban J connectivity index is 2.33. The number of ketones is 1. The lowest BCUT2D eigenvalue weighted by Crippen LogP contribution is -2.22. The summed E-state index contributed by atoms with van der Waals surface area (Å²) in [6, 6.07) is 9.72. The molecule has 0 aliphatic carbocycles. The van der Waals surface area contributed by atoms with Crippen LogP contribution in [0.4, 0.5) is 5.69 Å². The average Bonchev–Trinajstić information content (AvgIpc) is 2.84. The van der Waals surface area contributed by atoms with Crippen molar-refractivity contribution in [1.29, 1.82) is 5.26 Å². The van der Waals surface area contributed by atoms with Crippen molar-refractivity contribution >= 4 is 11.5 Å². The highest BCUT2D eigenvalue weighted by atomic mass is 16.5. The maximum absolute atomic E-state index is 12.2. The zero-order valence-corrected chi connectivity index (χ0v) is 13.4. The SMILES string of the molecule is CCN1/C(=C/C=C(\C#N)C(=O)C(C)(C)C)Oc2ccccc21. The van der Waals surface area contributed by atoms with Crippen LogP contribution in [-0.2, 0) is 4.79 Å². The van der Waals surface area contributed by atoms with Gasteiger partial charge in [0.05, 0.1) is 11.3 Å². The van der Waals surface area contributed by atoms with E-state index in [1.165, 1.54) is 6.08 Å².